The van der Waals surface area contributed by atoms with E-state index in [4.69, 9.17) is 14.2 Å². The lowest BCUT2D eigenvalue weighted by atomic mass is 9.95. The Morgan fingerprint density at radius 2 is 1.94 bits per heavy atom. The number of carbonyl (C=O) groups is 1. The van der Waals surface area contributed by atoms with Crippen molar-refractivity contribution in [1.29, 1.82) is 0 Å². The summed E-state index contributed by atoms with van der Waals surface area (Å²) in [6, 6.07) is 11.4. The van der Waals surface area contributed by atoms with Crippen LogP contribution in [0.2, 0.25) is 0 Å². The van der Waals surface area contributed by atoms with Crippen LogP contribution in [0, 0.1) is 6.92 Å². The first-order valence-corrected chi connectivity index (χ1v) is 11.7. The van der Waals surface area contributed by atoms with Gasteiger partial charge in [0.1, 0.15) is 19.0 Å². The minimum absolute atomic E-state index is 0.260. The Balaban J connectivity index is 1.72. The number of benzene rings is 2. The number of fused-ring (bicyclic) bond motifs is 1. The lowest BCUT2D eigenvalue weighted by molar-refractivity contribution is -0.143. The number of allylic oxidation sites excluding steroid dienone is 1. The van der Waals surface area contributed by atoms with E-state index in [9.17, 15) is 4.79 Å². The summed E-state index contributed by atoms with van der Waals surface area (Å²) in [6.45, 7) is 7.90. The van der Waals surface area contributed by atoms with Crippen LogP contribution in [0.5, 0.6) is 11.5 Å². The van der Waals surface area contributed by atoms with Gasteiger partial charge in [0.05, 0.1) is 23.3 Å². The summed E-state index contributed by atoms with van der Waals surface area (Å²) in [7, 11) is 1.59. The summed E-state index contributed by atoms with van der Waals surface area (Å²) in [5, 5.41) is 7.51. The maximum Gasteiger partial charge on any atom is 0.338 e. The Labute approximate surface area is 207 Å². The van der Waals surface area contributed by atoms with Crippen molar-refractivity contribution in [2.24, 2.45) is 0 Å². The van der Waals surface area contributed by atoms with Gasteiger partial charge in [-0.1, -0.05) is 29.8 Å². The molecule has 0 aliphatic carbocycles. The first-order valence-electron chi connectivity index (χ1n) is 10.9. The molecule has 0 spiro atoms. The average Bonchev–Trinajstić information content (AvgIpc) is 3.25. The number of carbonyl (C=O) groups excluding carboxylic acids is 1. The van der Waals surface area contributed by atoms with Crippen LogP contribution in [0.15, 0.2) is 58.5 Å². The number of methoxy groups -OCH3 is 1. The zero-order valence-electron chi connectivity index (χ0n) is 19.8. The van der Waals surface area contributed by atoms with E-state index in [2.05, 4.69) is 31.3 Å². The van der Waals surface area contributed by atoms with Crippen molar-refractivity contribution in [3.8, 4) is 11.5 Å². The van der Waals surface area contributed by atoms with Gasteiger partial charge < -0.3 is 19.5 Å². The third kappa shape index (κ3) is 4.79. The van der Waals surface area contributed by atoms with Gasteiger partial charge in [0.2, 0.25) is 5.95 Å². The average molecular weight is 527 g/mol. The highest BCUT2D eigenvalue weighted by Gasteiger charge is 2.35. The fourth-order valence-electron chi connectivity index (χ4n) is 3.82. The zero-order chi connectivity index (χ0) is 24.4. The van der Waals surface area contributed by atoms with E-state index in [1.807, 2.05) is 64.1 Å². The summed E-state index contributed by atoms with van der Waals surface area (Å²) < 4.78 is 19.7. The van der Waals surface area contributed by atoms with E-state index in [1.165, 1.54) is 11.9 Å². The van der Waals surface area contributed by atoms with Crippen molar-refractivity contribution < 1.29 is 19.0 Å². The molecule has 1 aromatic heterocycles. The Hall–Kier alpha value is -3.33. The Morgan fingerprint density at radius 1 is 1.21 bits per heavy atom. The minimum Gasteiger partial charge on any atom is -0.493 e. The number of esters is 1. The number of hydrogen-bond donors (Lipinski definition) is 1. The quantitative estimate of drug-likeness (QED) is 0.424. The molecule has 0 saturated heterocycles. The zero-order valence-corrected chi connectivity index (χ0v) is 21.3. The summed E-state index contributed by atoms with van der Waals surface area (Å²) in [6.07, 6.45) is 1.19. The molecule has 1 aliphatic heterocycles. The van der Waals surface area contributed by atoms with Gasteiger partial charge in [-0.05, 0) is 66.9 Å². The number of anilines is 1. The minimum atomic E-state index is -0.554. The SMILES string of the molecule is COc1cc(C2C(C(=O)OC(C)C)=C(C)Nc3ncnn32)cc(Br)c1OCc1ccc(C)cc1. The van der Waals surface area contributed by atoms with Crippen molar-refractivity contribution in [3.63, 3.8) is 0 Å². The molecule has 2 aromatic carbocycles. The van der Waals surface area contributed by atoms with Crippen molar-refractivity contribution in [2.45, 2.75) is 46.4 Å². The Kier molecular flexibility index (Phi) is 6.92. The molecule has 4 rings (SSSR count). The van der Waals surface area contributed by atoms with E-state index in [0.717, 1.165) is 11.1 Å². The van der Waals surface area contributed by atoms with Gasteiger partial charge in [0.15, 0.2) is 11.5 Å². The number of aryl methyl sites for hydroxylation is 1. The first-order chi connectivity index (χ1) is 16.3. The van der Waals surface area contributed by atoms with Gasteiger partial charge in [-0.3, -0.25) is 0 Å². The topological polar surface area (TPSA) is 87.5 Å². The number of halogens is 1. The second kappa shape index (κ2) is 9.89. The molecule has 0 saturated carbocycles. The summed E-state index contributed by atoms with van der Waals surface area (Å²) in [5.41, 5.74) is 4.12. The fourth-order valence-corrected chi connectivity index (χ4v) is 4.39. The van der Waals surface area contributed by atoms with Gasteiger partial charge in [-0.15, -0.1) is 0 Å². The summed E-state index contributed by atoms with van der Waals surface area (Å²) >= 11 is 3.64. The second-order valence-electron chi connectivity index (χ2n) is 8.36. The molecule has 1 unspecified atom stereocenters. The third-order valence-corrected chi connectivity index (χ3v) is 6.02. The van der Waals surface area contributed by atoms with E-state index in [1.54, 1.807) is 11.8 Å². The molecule has 1 atom stereocenters. The number of nitrogens with one attached hydrogen (secondary N) is 1. The molecule has 0 amide bonds. The van der Waals surface area contributed by atoms with Crippen molar-refractivity contribution >= 4 is 27.8 Å². The molecular formula is C25H27BrN4O4. The smallest absolute Gasteiger partial charge is 0.338 e. The predicted octanol–water partition coefficient (Wildman–Crippen LogP) is 5.18. The van der Waals surface area contributed by atoms with Gasteiger partial charge in [-0.2, -0.15) is 10.1 Å². The molecule has 178 valence electrons. The van der Waals surface area contributed by atoms with Crippen molar-refractivity contribution in [1.82, 2.24) is 14.8 Å². The molecule has 34 heavy (non-hydrogen) atoms. The molecular weight excluding hydrogens is 500 g/mol. The Morgan fingerprint density at radius 3 is 2.62 bits per heavy atom. The summed E-state index contributed by atoms with van der Waals surface area (Å²) in [5.74, 6) is 1.23. The van der Waals surface area contributed by atoms with E-state index in [0.29, 0.717) is 39.8 Å². The van der Waals surface area contributed by atoms with E-state index in [-0.39, 0.29) is 6.10 Å². The molecule has 3 aromatic rings. The summed E-state index contributed by atoms with van der Waals surface area (Å²) in [4.78, 5) is 17.4. The van der Waals surface area contributed by atoms with Crippen LogP contribution in [0.25, 0.3) is 0 Å². The molecule has 9 heteroatoms. The largest absolute Gasteiger partial charge is 0.493 e. The monoisotopic (exact) mass is 526 g/mol. The van der Waals surface area contributed by atoms with E-state index < -0.39 is 12.0 Å². The highest BCUT2D eigenvalue weighted by molar-refractivity contribution is 9.10. The number of ether oxygens (including phenoxy) is 3. The number of hydrogen-bond acceptors (Lipinski definition) is 7. The number of aromatic nitrogens is 3. The molecule has 1 N–H and O–H groups in total. The number of rotatable bonds is 7. The van der Waals surface area contributed by atoms with Gasteiger partial charge in [0.25, 0.3) is 0 Å². The van der Waals surface area contributed by atoms with Crippen LogP contribution < -0.4 is 14.8 Å². The molecule has 8 nitrogen and oxygen atoms in total. The van der Waals surface area contributed by atoms with Crippen LogP contribution in [0.4, 0.5) is 5.95 Å². The Bertz CT molecular complexity index is 1230. The number of nitrogens with zero attached hydrogens (tertiary/aromatic N) is 3. The molecule has 0 bridgehead atoms. The van der Waals surface area contributed by atoms with Crippen LogP contribution in [0.3, 0.4) is 0 Å². The highest BCUT2D eigenvalue weighted by atomic mass is 79.9. The maximum absolute atomic E-state index is 13.1. The molecule has 0 fully saturated rings. The van der Waals surface area contributed by atoms with Gasteiger partial charge in [-0.25, -0.2) is 9.48 Å². The standard InChI is InChI=1S/C25H27BrN4O4/c1-14(2)34-24(31)21-16(4)29-25-27-13-28-30(25)22(21)18-10-19(26)23(20(11-18)32-5)33-12-17-8-6-15(3)7-9-17/h6-11,13-14,22H,12H2,1-5H3,(H,27,28,29). The molecule has 1 aliphatic rings. The molecule has 0 radical (unpaired) electrons. The highest BCUT2D eigenvalue weighted by Crippen LogP contribution is 2.43. The first kappa shape index (κ1) is 23.8. The van der Waals surface area contributed by atoms with Crippen molar-refractivity contribution in [2.75, 3.05) is 12.4 Å². The van der Waals surface area contributed by atoms with Gasteiger partial charge >= 0.3 is 5.97 Å². The predicted molar refractivity (Wildman–Crippen MR) is 132 cm³/mol. The van der Waals surface area contributed by atoms with E-state index >= 15 is 0 Å². The lowest BCUT2D eigenvalue weighted by Gasteiger charge is -2.29. The van der Waals surface area contributed by atoms with Crippen LogP contribution in [0.1, 0.15) is 43.5 Å². The normalized spacial score (nSPS) is 15.1. The lowest BCUT2D eigenvalue weighted by Crippen LogP contribution is -2.30. The molecule has 2 heterocycles. The van der Waals surface area contributed by atoms with Crippen LogP contribution in [-0.2, 0) is 16.1 Å². The van der Waals surface area contributed by atoms with Crippen LogP contribution in [-0.4, -0.2) is 33.9 Å². The second-order valence-corrected chi connectivity index (χ2v) is 9.21. The fraction of sp³-hybridized carbons (Fsp3) is 0.320. The van der Waals surface area contributed by atoms with Gasteiger partial charge in [0, 0.05) is 5.70 Å². The maximum atomic E-state index is 13.1. The van der Waals surface area contributed by atoms with Crippen molar-refractivity contribution in [3.05, 3.63) is 75.2 Å². The third-order valence-electron chi connectivity index (χ3n) is 5.43. The van der Waals surface area contributed by atoms with Crippen LogP contribution >= 0.6 is 15.9 Å².